The highest BCUT2D eigenvalue weighted by Gasteiger charge is 2.27. The van der Waals surface area contributed by atoms with Crippen molar-refractivity contribution in [2.45, 2.75) is 51.1 Å². The summed E-state index contributed by atoms with van der Waals surface area (Å²) >= 11 is 0. The lowest BCUT2D eigenvalue weighted by Gasteiger charge is -2.27. The van der Waals surface area contributed by atoms with Gasteiger partial charge in [0, 0.05) is 24.1 Å². The molecule has 1 saturated carbocycles. The van der Waals surface area contributed by atoms with Gasteiger partial charge in [0.15, 0.2) is 0 Å². The maximum Gasteiger partial charge on any atom is 0.269 e. The topological polar surface area (TPSA) is 98.3 Å². The Kier molecular flexibility index (Phi) is 7.45. The van der Waals surface area contributed by atoms with Gasteiger partial charge >= 0.3 is 0 Å². The van der Waals surface area contributed by atoms with Gasteiger partial charge in [0.2, 0.25) is 5.91 Å². The number of nitro benzene ring substituents is 1. The molecule has 23 heavy (non-hydrogen) atoms. The molecule has 1 aliphatic rings. The van der Waals surface area contributed by atoms with E-state index in [-0.39, 0.29) is 42.0 Å². The Bertz CT molecular complexity index is 553. The summed E-state index contributed by atoms with van der Waals surface area (Å²) in [7, 11) is 0. The van der Waals surface area contributed by atoms with E-state index in [0.29, 0.717) is 6.42 Å². The lowest BCUT2D eigenvalue weighted by Crippen LogP contribution is -2.39. The summed E-state index contributed by atoms with van der Waals surface area (Å²) in [6.07, 6.45) is 4.23. The van der Waals surface area contributed by atoms with Crippen LogP contribution in [-0.4, -0.2) is 16.9 Å². The van der Waals surface area contributed by atoms with Crippen LogP contribution in [0.25, 0.3) is 0 Å². The van der Waals surface area contributed by atoms with E-state index >= 15 is 0 Å². The van der Waals surface area contributed by atoms with Gasteiger partial charge < -0.3 is 11.1 Å². The third-order valence-corrected chi connectivity index (χ3v) is 4.29. The number of hydrogen-bond donors (Lipinski definition) is 2. The predicted octanol–water partition coefficient (Wildman–Crippen LogP) is 3.10. The molecule has 7 heteroatoms. The molecule has 6 nitrogen and oxygen atoms in total. The number of hydrogen-bond acceptors (Lipinski definition) is 4. The van der Waals surface area contributed by atoms with Crippen LogP contribution in [0.15, 0.2) is 24.3 Å². The fourth-order valence-corrected chi connectivity index (χ4v) is 3.03. The Balaban J connectivity index is 0.00000264. The van der Waals surface area contributed by atoms with Crippen molar-refractivity contribution in [1.29, 1.82) is 0 Å². The van der Waals surface area contributed by atoms with Gasteiger partial charge in [-0.05, 0) is 31.2 Å². The van der Waals surface area contributed by atoms with Crippen LogP contribution in [-0.2, 0) is 4.79 Å². The summed E-state index contributed by atoms with van der Waals surface area (Å²) in [4.78, 5) is 22.9. The molecule has 0 saturated heterocycles. The highest BCUT2D eigenvalue weighted by molar-refractivity contribution is 5.85. The zero-order valence-electron chi connectivity index (χ0n) is 13.2. The van der Waals surface area contributed by atoms with E-state index in [1.54, 1.807) is 6.07 Å². The normalized spacial score (nSPS) is 21.8. The quantitative estimate of drug-likeness (QED) is 0.635. The third kappa shape index (κ3) is 5.18. The van der Waals surface area contributed by atoms with Crippen molar-refractivity contribution in [3.05, 3.63) is 39.9 Å². The number of nitrogens with two attached hydrogens (primary N) is 1. The van der Waals surface area contributed by atoms with Gasteiger partial charge in [-0.25, -0.2) is 0 Å². The van der Waals surface area contributed by atoms with Crippen LogP contribution < -0.4 is 11.1 Å². The molecule has 3 atom stereocenters. The molecule has 0 aromatic heterocycles. The molecule has 1 aliphatic carbocycles. The highest BCUT2D eigenvalue weighted by atomic mass is 35.5. The van der Waals surface area contributed by atoms with Gasteiger partial charge in [-0.15, -0.1) is 12.4 Å². The monoisotopic (exact) mass is 341 g/mol. The second-order valence-corrected chi connectivity index (χ2v) is 5.95. The molecule has 3 N–H and O–H groups in total. The number of nitrogens with zero attached hydrogens (tertiary/aromatic N) is 1. The van der Waals surface area contributed by atoms with Crippen LogP contribution in [0, 0.1) is 16.0 Å². The number of amides is 1. The van der Waals surface area contributed by atoms with E-state index in [1.165, 1.54) is 12.1 Å². The molecule has 1 aromatic carbocycles. The second kappa shape index (κ2) is 8.84. The number of non-ortho nitro benzene ring substituents is 1. The van der Waals surface area contributed by atoms with Crippen molar-refractivity contribution in [3.63, 3.8) is 0 Å². The molecule has 1 amide bonds. The van der Waals surface area contributed by atoms with Gasteiger partial charge in [-0.2, -0.15) is 0 Å². The number of nitrogens with one attached hydrogen (secondary N) is 1. The predicted molar refractivity (Wildman–Crippen MR) is 91.5 cm³/mol. The molecule has 1 fully saturated rings. The molecule has 0 heterocycles. The van der Waals surface area contributed by atoms with Crippen LogP contribution in [0.4, 0.5) is 5.69 Å². The first kappa shape index (κ1) is 19.4. The van der Waals surface area contributed by atoms with Gasteiger partial charge in [0.1, 0.15) is 0 Å². The molecule has 0 spiro atoms. The van der Waals surface area contributed by atoms with E-state index < -0.39 is 4.92 Å². The second-order valence-electron chi connectivity index (χ2n) is 5.95. The van der Waals surface area contributed by atoms with Gasteiger partial charge in [-0.3, -0.25) is 14.9 Å². The van der Waals surface area contributed by atoms with E-state index in [1.807, 2.05) is 13.0 Å². The molecule has 2 rings (SSSR count). The summed E-state index contributed by atoms with van der Waals surface area (Å²) in [5.41, 5.74) is 6.75. The summed E-state index contributed by atoms with van der Waals surface area (Å²) in [5.74, 6) is -0.0370. The minimum absolute atomic E-state index is 0. The minimum atomic E-state index is -0.418. The Morgan fingerprint density at radius 2 is 2.22 bits per heavy atom. The Hall–Kier alpha value is -1.66. The molecule has 0 aliphatic heterocycles. The molecular formula is C16H24ClN3O3. The maximum absolute atomic E-state index is 12.4. The number of rotatable bonds is 5. The van der Waals surface area contributed by atoms with Gasteiger partial charge in [0.05, 0.1) is 11.0 Å². The number of nitro groups is 1. The van der Waals surface area contributed by atoms with Crippen molar-refractivity contribution >= 4 is 24.0 Å². The van der Waals surface area contributed by atoms with Crippen LogP contribution in [0.5, 0.6) is 0 Å². The number of carbonyl (C=O) groups excluding carboxylic acids is 1. The zero-order chi connectivity index (χ0) is 16.1. The average Bonchev–Trinajstić information content (AvgIpc) is 2.52. The van der Waals surface area contributed by atoms with Crippen LogP contribution in [0.1, 0.15) is 50.6 Å². The highest BCUT2D eigenvalue weighted by Crippen LogP contribution is 2.26. The first-order valence-corrected chi connectivity index (χ1v) is 7.81. The van der Waals surface area contributed by atoms with E-state index in [0.717, 1.165) is 31.2 Å². The summed E-state index contributed by atoms with van der Waals surface area (Å²) in [6.45, 7) is 1.95. The van der Waals surface area contributed by atoms with Crippen LogP contribution >= 0.6 is 12.4 Å². The van der Waals surface area contributed by atoms with Crippen molar-refractivity contribution in [2.24, 2.45) is 11.7 Å². The first-order valence-electron chi connectivity index (χ1n) is 7.81. The lowest BCUT2D eigenvalue weighted by atomic mass is 9.85. The summed E-state index contributed by atoms with van der Waals surface area (Å²) in [6, 6.07) is 6.35. The Labute approximate surface area is 142 Å². The fourth-order valence-electron chi connectivity index (χ4n) is 3.03. The largest absolute Gasteiger partial charge is 0.349 e. The molecular weight excluding hydrogens is 318 g/mol. The molecule has 3 unspecified atom stereocenters. The minimum Gasteiger partial charge on any atom is -0.349 e. The van der Waals surface area contributed by atoms with Crippen molar-refractivity contribution in [3.8, 4) is 0 Å². The number of benzene rings is 1. The van der Waals surface area contributed by atoms with Crippen molar-refractivity contribution < 1.29 is 9.72 Å². The molecule has 128 valence electrons. The Morgan fingerprint density at radius 3 is 2.83 bits per heavy atom. The first-order chi connectivity index (χ1) is 10.5. The smallest absolute Gasteiger partial charge is 0.269 e. The van der Waals surface area contributed by atoms with Crippen molar-refractivity contribution in [2.75, 3.05) is 0 Å². The summed E-state index contributed by atoms with van der Waals surface area (Å²) in [5, 5.41) is 13.9. The maximum atomic E-state index is 12.4. The Morgan fingerprint density at radius 1 is 1.48 bits per heavy atom. The lowest BCUT2D eigenvalue weighted by molar-refractivity contribution is -0.384. The standard InChI is InChI=1S/C16H23N3O3.ClH/c1-2-15(11-5-4-8-14(10-11)19(21)22)18-16(20)12-6-3-7-13(17)9-12;/h4-5,8,10,12-13,15H,2-3,6-7,9,17H2,1H3,(H,18,20);1H. The van der Waals surface area contributed by atoms with Crippen molar-refractivity contribution in [1.82, 2.24) is 5.32 Å². The van der Waals surface area contributed by atoms with Gasteiger partial charge in [-0.1, -0.05) is 25.5 Å². The average molecular weight is 342 g/mol. The molecule has 0 bridgehead atoms. The third-order valence-electron chi connectivity index (χ3n) is 4.29. The van der Waals surface area contributed by atoms with E-state index in [2.05, 4.69) is 5.32 Å². The van der Waals surface area contributed by atoms with Crippen LogP contribution in [0.2, 0.25) is 0 Å². The van der Waals surface area contributed by atoms with Crippen LogP contribution in [0.3, 0.4) is 0 Å². The number of halogens is 1. The molecule has 1 aromatic rings. The zero-order valence-corrected chi connectivity index (χ0v) is 14.1. The van der Waals surface area contributed by atoms with Gasteiger partial charge in [0.25, 0.3) is 5.69 Å². The fraction of sp³-hybridized carbons (Fsp3) is 0.562. The van der Waals surface area contributed by atoms with E-state index in [4.69, 9.17) is 5.73 Å². The molecule has 0 radical (unpaired) electrons. The number of carbonyl (C=O) groups is 1. The summed E-state index contributed by atoms with van der Waals surface area (Å²) < 4.78 is 0. The SMILES string of the molecule is CCC(NC(=O)C1CCCC(N)C1)c1cccc([N+](=O)[O-])c1.Cl. The van der Waals surface area contributed by atoms with E-state index in [9.17, 15) is 14.9 Å².